The highest BCUT2D eigenvalue weighted by Gasteiger charge is 2.54. The maximum atomic E-state index is 13.3. The van der Waals surface area contributed by atoms with Crippen LogP contribution in [0.5, 0.6) is 0 Å². The van der Waals surface area contributed by atoms with Crippen LogP contribution in [0.3, 0.4) is 0 Å². The van der Waals surface area contributed by atoms with Gasteiger partial charge in [-0.3, -0.25) is 9.69 Å². The van der Waals surface area contributed by atoms with Crippen LogP contribution in [0.15, 0.2) is 69.2 Å². The molecule has 1 N–H and O–H groups in total. The molecule has 1 aliphatic heterocycles. The van der Waals surface area contributed by atoms with Gasteiger partial charge in [-0.25, -0.2) is 4.79 Å². The van der Waals surface area contributed by atoms with E-state index >= 15 is 0 Å². The van der Waals surface area contributed by atoms with Gasteiger partial charge in [-0.15, -0.1) is 0 Å². The number of halogens is 2. The van der Waals surface area contributed by atoms with E-state index in [1.165, 1.54) is 4.90 Å². The molecule has 1 atom stereocenters. The van der Waals surface area contributed by atoms with Gasteiger partial charge in [0.2, 0.25) is 0 Å². The van der Waals surface area contributed by atoms with Crippen molar-refractivity contribution >= 4 is 55.1 Å². The van der Waals surface area contributed by atoms with Gasteiger partial charge >= 0.3 is 5.97 Å². The maximum Gasteiger partial charge on any atom is 0.337 e. The lowest BCUT2D eigenvalue weighted by molar-refractivity contribution is -0.147. The highest BCUT2D eigenvalue weighted by atomic mass is 79.9. The molecule has 0 aromatic heterocycles. The van der Waals surface area contributed by atoms with E-state index in [0.29, 0.717) is 15.9 Å². The molecular formula is C20H18Br2N2O3. The first-order valence-electron chi connectivity index (χ1n) is 8.39. The molecule has 3 rings (SSSR count). The van der Waals surface area contributed by atoms with Crippen LogP contribution < -0.4 is 10.2 Å². The van der Waals surface area contributed by atoms with Crippen molar-refractivity contribution in [1.29, 1.82) is 0 Å². The zero-order valence-corrected chi connectivity index (χ0v) is 18.0. The molecule has 0 bridgehead atoms. The monoisotopic (exact) mass is 492 g/mol. The van der Waals surface area contributed by atoms with Crippen molar-refractivity contribution in [3.63, 3.8) is 0 Å². The number of esters is 1. The Kier molecular flexibility index (Phi) is 5.72. The number of carbonyl (C=O) groups excluding carboxylic acids is 2. The van der Waals surface area contributed by atoms with Crippen LogP contribution >= 0.6 is 31.9 Å². The number of hydrogen-bond acceptors (Lipinski definition) is 4. The molecule has 2 aromatic carbocycles. The number of nitrogens with one attached hydrogen (secondary N) is 1. The number of amides is 1. The minimum absolute atomic E-state index is 0.223. The first-order valence-corrected chi connectivity index (χ1v) is 9.97. The summed E-state index contributed by atoms with van der Waals surface area (Å²) in [6, 6.07) is 16.5. The lowest BCUT2D eigenvalue weighted by Gasteiger charge is -2.33. The molecule has 0 spiro atoms. The second kappa shape index (κ2) is 7.86. The fourth-order valence-corrected chi connectivity index (χ4v) is 3.81. The van der Waals surface area contributed by atoms with E-state index in [4.69, 9.17) is 4.74 Å². The Bertz CT molecular complexity index is 897. The van der Waals surface area contributed by atoms with E-state index < -0.39 is 11.5 Å². The number of anilines is 2. The molecule has 0 radical (unpaired) electrons. The van der Waals surface area contributed by atoms with E-state index in [-0.39, 0.29) is 12.5 Å². The summed E-state index contributed by atoms with van der Waals surface area (Å²) < 4.78 is 6.65. The van der Waals surface area contributed by atoms with Crippen LogP contribution in [0.2, 0.25) is 0 Å². The van der Waals surface area contributed by atoms with Crippen LogP contribution in [-0.2, 0) is 14.3 Å². The van der Waals surface area contributed by atoms with E-state index in [1.54, 1.807) is 26.0 Å². The highest BCUT2D eigenvalue weighted by Crippen LogP contribution is 2.43. The van der Waals surface area contributed by atoms with E-state index in [1.807, 2.05) is 42.5 Å². The van der Waals surface area contributed by atoms with Gasteiger partial charge in [0.05, 0.1) is 11.1 Å². The number of hydrogen-bond donors (Lipinski definition) is 1. The number of ether oxygens (including phenoxy) is 1. The maximum absolute atomic E-state index is 13.3. The quantitative estimate of drug-likeness (QED) is 0.605. The van der Waals surface area contributed by atoms with Gasteiger partial charge in [0, 0.05) is 15.8 Å². The predicted octanol–water partition coefficient (Wildman–Crippen LogP) is 4.84. The Balaban J connectivity index is 2.07. The summed E-state index contributed by atoms with van der Waals surface area (Å²) in [5.41, 5.74) is 0.352. The molecule has 1 aliphatic rings. The summed E-state index contributed by atoms with van der Waals surface area (Å²) in [5, 5.41) is 3.13. The average molecular weight is 494 g/mol. The highest BCUT2D eigenvalue weighted by molar-refractivity contribution is 9.12. The first-order chi connectivity index (χ1) is 12.9. The van der Waals surface area contributed by atoms with Crippen LogP contribution in [0.25, 0.3) is 0 Å². The molecule has 5 nitrogen and oxygen atoms in total. The van der Waals surface area contributed by atoms with Gasteiger partial charge in [0.1, 0.15) is 5.70 Å². The number of nitrogens with zero attached hydrogens (tertiary/aromatic N) is 1. The zero-order valence-electron chi connectivity index (χ0n) is 14.8. The van der Waals surface area contributed by atoms with Crippen molar-refractivity contribution < 1.29 is 14.3 Å². The van der Waals surface area contributed by atoms with Crippen LogP contribution in [0.4, 0.5) is 11.4 Å². The van der Waals surface area contributed by atoms with Crippen molar-refractivity contribution in [2.75, 3.05) is 16.8 Å². The van der Waals surface area contributed by atoms with Crippen LogP contribution in [0.1, 0.15) is 13.8 Å². The van der Waals surface area contributed by atoms with Crippen molar-refractivity contribution in [2.45, 2.75) is 19.4 Å². The SMILES string of the molecule is CCOC(=O)C1(C)C(Br)=C(Nc2ccc(Br)cc2)C(=O)N1c1ccccc1. The lowest BCUT2D eigenvalue weighted by Crippen LogP contribution is -2.52. The largest absolute Gasteiger partial charge is 0.464 e. The molecule has 0 aliphatic carbocycles. The smallest absolute Gasteiger partial charge is 0.337 e. The van der Waals surface area contributed by atoms with Crippen molar-refractivity contribution in [2.24, 2.45) is 0 Å². The normalized spacial score (nSPS) is 19.4. The Morgan fingerprint density at radius 1 is 1.11 bits per heavy atom. The van der Waals surface area contributed by atoms with Gasteiger partial charge in [0.15, 0.2) is 5.54 Å². The molecule has 27 heavy (non-hydrogen) atoms. The van der Waals surface area contributed by atoms with Gasteiger partial charge < -0.3 is 10.1 Å². The topological polar surface area (TPSA) is 58.6 Å². The minimum atomic E-state index is -1.30. The third-order valence-electron chi connectivity index (χ3n) is 4.31. The molecular weight excluding hydrogens is 476 g/mol. The minimum Gasteiger partial charge on any atom is -0.464 e. The van der Waals surface area contributed by atoms with Crippen LogP contribution in [0, 0.1) is 0 Å². The second-order valence-corrected chi connectivity index (χ2v) is 7.80. The molecule has 1 amide bonds. The number of carbonyl (C=O) groups is 2. The molecule has 1 heterocycles. The fourth-order valence-electron chi connectivity index (χ4n) is 2.94. The predicted molar refractivity (Wildman–Crippen MR) is 113 cm³/mol. The Labute approximate surface area is 174 Å². The average Bonchev–Trinajstić information content (AvgIpc) is 2.86. The van der Waals surface area contributed by atoms with E-state index in [0.717, 1.165) is 10.2 Å². The fraction of sp³-hybridized carbons (Fsp3) is 0.200. The van der Waals surface area contributed by atoms with Crippen molar-refractivity contribution in [1.82, 2.24) is 0 Å². The van der Waals surface area contributed by atoms with E-state index in [2.05, 4.69) is 37.2 Å². The van der Waals surface area contributed by atoms with Crippen molar-refractivity contribution in [3.05, 3.63) is 69.2 Å². The van der Waals surface area contributed by atoms with Gasteiger partial charge in [-0.1, -0.05) is 34.1 Å². The van der Waals surface area contributed by atoms with Crippen molar-refractivity contribution in [3.8, 4) is 0 Å². The summed E-state index contributed by atoms with van der Waals surface area (Å²) in [6.45, 7) is 3.64. The summed E-state index contributed by atoms with van der Waals surface area (Å²) in [6.07, 6.45) is 0. The summed E-state index contributed by atoms with van der Waals surface area (Å²) in [7, 11) is 0. The lowest BCUT2D eigenvalue weighted by atomic mass is 10.0. The number of rotatable bonds is 5. The van der Waals surface area contributed by atoms with Gasteiger partial charge in [-0.05, 0) is 66.2 Å². The number of para-hydroxylation sites is 1. The number of benzene rings is 2. The first kappa shape index (κ1) is 19.6. The third kappa shape index (κ3) is 3.53. The third-order valence-corrected chi connectivity index (χ3v) is 6.01. The second-order valence-electron chi connectivity index (χ2n) is 6.09. The Morgan fingerprint density at radius 2 is 1.74 bits per heavy atom. The molecule has 1 unspecified atom stereocenters. The summed E-state index contributed by atoms with van der Waals surface area (Å²) in [5.74, 6) is -0.812. The van der Waals surface area contributed by atoms with Crippen LogP contribution in [-0.4, -0.2) is 24.0 Å². The summed E-state index contributed by atoms with van der Waals surface area (Å²) >= 11 is 6.88. The molecule has 0 saturated heterocycles. The molecule has 140 valence electrons. The summed E-state index contributed by atoms with van der Waals surface area (Å²) in [4.78, 5) is 27.6. The van der Waals surface area contributed by atoms with Gasteiger partial charge in [-0.2, -0.15) is 0 Å². The molecule has 0 fully saturated rings. The Hall–Kier alpha value is -2.12. The molecule has 7 heteroatoms. The zero-order chi connectivity index (χ0) is 19.6. The van der Waals surface area contributed by atoms with Gasteiger partial charge in [0.25, 0.3) is 5.91 Å². The molecule has 2 aromatic rings. The standard InChI is InChI=1S/C20H18Br2N2O3/c1-3-27-19(26)20(2)17(22)16(23-14-11-9-13(21)10-12-14)18(25)24(20)15-7-5-4-6-8-15/h4-12,23H,3H2,1-2H3. The van der Waals surface area contributed by atoms with E-state index in [9.17, 15) is 9.59 Å². The Morgan fingerprint density at radius 3 is 2.33 bits per heavy atom. The molecule has 0 saturated carbocycles.